The second-order valence-electron chi connectivity index (χ2n) is 8.77. The maximum Gasteiger partial charge on any atom is 0.0579 e. The molecule has 4 aliphatic carbocycles. The van der Waals surface area contributed by atoms with Crippen LogP contribution in [0.5, 0.6) is 0 Å². The Morgan fingerprint density at radius 1 is 1.10 bits per heavy atom. The minimum atomic E-state index is 0.269. The van der Waals surface area contributed by atoms with Crippen molar-refractivity contribution in [2.75, 3.05) is 11.1 Å². The molecule has 4 saturated carbocycles. The van der Waals surface area contributed by atoms with E-state index in [1.54, 1.807) is 0 Å². The molecule has 0 heterocycles. The van der Waals surface area contributed by atoms with Crippen LogP contribution in [-0.4, -0.2) is 5.54 Å². The second kappa shape index (κ2) is 4.18. The van der Waals surface area contributed by atoms with Crippen LogP contribution in [0.2, 0.25) is 0 Å². The number of nitrogens with two attached hydrogens (primary N) is 1. The molecule has 114 valence electrons. The molecule has 4 bridgehead atoms. The highest BCUT2D eigenvalue weighted by Gasteiger charge is 2.60. The monoisotopic (exact) mass is 348 g/mol. The van der Waals surface area contributed by atoms with E-state index in [1.807, 2.05) is 6.07 Å². The van der Waals surface area contributed by atoms with Crippen molar-refractivity contribution >= 4 is 27.3 Å². The predicted octanol–water partition coefficient (Wildman–Crippen LogP) is 5.19. The van der Waals surface area contributed by atoms with Crippen molar-refractivity contribution in [2.45, 2.75) is 57.9 Å². The van der Waals surface area contributed by atoms with Crippen molar-refractivity contribution in [1.82, 2.24) is 0 Å². The SMILES string of the molecule is CC12CC3CC(C)(C1)CC(Nc1ccc(Br)cc1N)(C3)C2. The Labute approximate surface area is 136 Å². The largest absolute Gasteiger partial charge is 0.397 e. The summed E-state index contributed by atoms with van der Waals surface area (Å²) in [6, 6.07) is 6.22. The minimum absolute atomic E-state index is 0.269. The van der Waals surface area contributed by atoms with Gasteiger partial charge in [-0.05, 0) is 73.5 Å². The van der Waals surface area contributed by atoms with E-state index in [-0.39, 0.29) is 5.54 Å². The summed E-state index contributed by atoms with van der Waals surface area (Å²) >= 11 is 3.50. The molecule has 4 aliphatic rings. The topological polar surface area (TPSA) is 38.0 Å². The third kappa shape index (κ3) is 2.28. The molecule has 0 aliphatic heterocycles. The van der Waals surface area contributed by atoms with Gasteiger partial charge in [0.2, 0.25) is 0 Å². The zero-order valence-corrected chi connectivity index (χ0v) is 14.6. The third-order valence-electron chi connectivity index (χ3n) is 6.04. The molecule has 1 aromatic rings. The van der Waals surface area contributed by atoms with E-state index in [9.17, 15) is 0 Å². The summed E-state index contributed by atoms with van der Waals surface area (Å²) in [5, 5.41) is 3.89. The number of nitrogens with one attached hydrogen (secondary N) is 1. The Hall–Kier alpha value is -0.700. The summed E-state index contributed by atoms with van der Waals surface area (Å²) < 4.78 is 1.05. The average molecular weight is 349 g/mol. The predicted molar refractivity (Wildman–Crippen MR) is 92.3 cm³/mol. The van der Waals surface area contributed by atoms with E-state index in [2.05, 4.69) is 47.2 Å². The number of nitrogen functional groups attached to an aromatic ring is 1. The maximum absolute atomic E-state index is 6.22. The molecular weight excluding hydrogens is 324 g/mol. The highest BCUT2D eigenvalue weighted by molar-refractivity contribution is 9.10. The summed E-state index contributed by atoms with van der Waals surface area (Å²) in [6.45, 7) is 5.02. The van der Waals surface area contributed by atoms with E-state index in [0.29, 0.717) is 10.8 Å². The molecule has 4 fully saturated rings. The van der Waals surface area contributed by atoms with Gasteiger partial charge in [-0.2, -0.15) is 0 Å². The lowest BCUT2D eigenvalue weighted by Crippen LogP contribution is -2.61. The van der Waals surface area contributed by atoms with Gasteiger partial charge >= 0.3 is 0 Å². The normalized spacial score (nSPS) is 44.0. The molecule has 0 aromatic heterocycles. The van der Waals surface area contributed by atoms with Crippen molar-refractivity contribution < 1.29 is 0 Å². The van der Waals surface area contributed by atoms with Gasteiger partial charge in [0.15, 0.2) is 0 Å². The fraction of sp³-hybridized carbons (Fsp3) is 0.667. The summed E-state index contributed by atoms with van der Waals surface area (Å²) in [6.07, 6.45) is 8.22. The number of hydrogen-bond acceptors (Lipinski definition) is 2. The van der Waals surface area contributed by atoms with Gasteiger partial charge in [-0.15, -0.1) is 0 Å². The number of benzene rings is 1. The van der Waals surface area contributed by atoms with Crippen LogP contribution >= 0.6 is 15.9 Å². The standard InChI is InChI=1S/C18H25BrN2/c1-16-6-12-7-17(2,9-16)11-18(8-12,10-16)21-15-4-3-13(19)5-14(15)20/h3-5,12,21H,6-11,20H2,1-2H3. The second-order valence-corrected chi connectivity index (χ2v) is 9.68. The first-order chi connectivity index (χ1) is 9.79. The molecule has 2 unspecified atom stereocenters. The van der Waals surface area contributed by atoms with Gasteiger partial charge in [-0.3, -0.25) is 0 Å². The number of hydrogen-bond donors (Lipinski definition) is 2. The molecule has 2 nitrogen and oxygen atoms in total. The van der Waals surface area contributed by atoms with Crippen molar-refractivity contribution in [3.8, 4) is 0 Å². The van der Waals surface area contributed by atoms with Gasteiger partial charge in [0.1, 0.15) is 0 Å². The van der Waals surface area contributed by atoms with Crippen LogP contribution in [0.25, 0.3) is 0 Å². The number of halogens is 1. The van der Waals surface area contributed by atoms with Crippen LogP contribution in [-0.2, 0) is 0 Å². The van der Waals surface area contributed by atoms with E-state index in [1.165, 1.54) is 38.5 Å². The van der Waals surface area contributed by atoms with E-state index in [0.717, 1.165) is 21.8 Å². The smallest absolute Gasteiger partial charge is 0.0579 e. The summed E-state index contributed by atoms with van der Waals surface area (Å²) in [7, 11) is 0. The van der Waals surface area contributed by atoms with Crippen LogP contribution in [0, 0.1) is 16.7 Å². The first kappa shape index (κ1) is 13.9. The van der Waals surface area contributed by atoms with Gasteiger partial charge < -0.3 is 11.1 Å². The van der Waals surface area contributed by atoms with Gasteiger partial charge in [-0.25, -0.2) is 0 Å². The Morgan fingerprint density at radius 2 is 1.76 bits per heavy atom. The molecule has 3 N–H and O–H groups in total. The summed E-state index contributed by atoms with van der Waals surface area (Å²) in [5.41, 5.74) is 9.53. The van der Waals surface area contributed by atoms with Crippen molar-refractivity contribution in [3.05, 3.63) is 22.7 Å². The fourth-order valence-electron chi connectivity index (χ4n) is 6.52. The maximum atomic E-state index is 6.22. The highest BCUT2D eigenvalue weighted by atomic mass is 79.9. The Balaban J connectivity index is 1.68. The summed E-state index contributed by atoms with van der Waals surface area (Å²) in [4.78, 5) is 0. The zero-order chi connectivity index (χ0) is 14.9. The number of anilines is 2. The molecule has 21 heavy (non-hydrogen) atoms. The third-order valence-corrected chi connectivity index (χ3v) is 6.53. The average Bonchev–Trinajstić information content (AvgIpc) is 2.28. The van der Waals surface area contributed by atoms with Crippen LogP contribution in [0.3, 0.4) is 0 Å². The van der Waals surface area contributed by atoms with Gasteiger partial charge in [0, 0.05) is 10.0 Å². The lowest BCUT2D eigenvalue weighted by Gasteiger charge is -2.65. The van der Waals surface area contributed by atoms with Crippen molar-refractivity contribution in [3.63, 3.8) is 0 Å². The molecule has 2 atom stereocenters. The Morgan fingerprint density at radius 3 is 2.33 bits per heavy atom. The minimum Gasteiger partial charge on any atom is -0.397 e. The Kier molecular flexibility index (Phi) is 2.78. The quantitative estimate of drug-likeness (QED) is 0.721. The van der Waals surface area contributed by atoms with Crippen LogP contribution in [0.15, 0.2) is 22.7 Å². The molecule has 0 saturated heterocycles. The molecule has 3 heteroatoms. The fourth-order valence-corrected chi connectivity index (χ4v) is 6.90. The highest BCUT2D eigenvalue weighted by Crippen LogP contribution is 2.66. The van der Waals surface area contributed by atoms with Gasteiger partial charge in [-0.1, -0.05) is 29.8 Å². The molecule has 0 amide bonds. The summed E-state index contributed by atoms with van der Waals surface area (Å²) in [5.74, 6) is 0.903. The van der Waals surface area contributed by atoms with Gasteiger partial charge in [0.05, 0.1) is 11.4 Å². The molecule has 0 radical (unpaired) electrons. The first-order valence-corrected chi connectivity index (χ1v) is 8.92. The first-order valence-electron chi connectivity index (χ1n) is 8.12. The van der Waals surface area contributed by atoms with E-state index >= 15 is 0 Å². The lowest BCUT2D eigenvalue weighted by molar-refractivity contribution is -0.0972. The van der Waals surface area contributed by atoms with E-state index < -0.39 is 0 Å². The Bertz CT molecular complexity index is 579. The van der Waals surface area contributed by atoms with E-state index in [4.69, 9.17) is 5.73 Å². The molecular formula is C18H25BrN2. The van der Waals surface area contributed by atoms with Crippen LogP contribution in [0.4, 0.5) is 11.4 Å². The number of rotatable bonds is 2. The van der Waals surface area contributed by atoms with Crippen LogP contribution in [0.1, 0.15) is 52.4 Å². The van der Waals surface area contributed by atoms with Crippen molar-refractivity contribution in [1.29, 1.82) is 0 Å². The van der Waals surface area contributed by atoms with Crippen LogP contribution < -0.4 is 11.1 Å². The zero-order valence-electron chi connectivity index (χ0n) is 13.0. The van der Waals surface area contributed by atoms with Crippen molar-refractivity contribution in [2.24, 2.45) is 16.7 Å². The van der Waals surface area contributed by atoms with Gasteiger partial charge in [0.25, 0.3) is 0 Å². The molecule has 5 rings (SSSR count). The lowest BCUT2D eigenvalue weighted by atomic mass is 9.43. The molecule has 0 spiro atoms. The molecule has 1 aromatic carbocycles.